The third-order valence-electron chi connectivity index (χ3n) is 5.82. The van der Waals surface area contributed by atoms with Crippen molar-refractivity contribution in [3.05, 3.63) is 9.16 Å². The van der Waals surface area contributed by atoms with Gasteiger partial charge in [-0.15, -0.1) is 0 Å². The van der Waals surface area contributed by atoms with Gasteiger partial charge in [0.2, 0.25) is 0 Å². The summed E-state index contributed by atoms with van der Waals surface area (Å²) in [6, 6.07) is 0. The zero-order valence-corrected chi connectivity index (χ0v) is 19.6. The van der Waals surface area contributed by atoms with Gasteiger partial charge >= 0.3 is 155 Å². The Hall–Kier alpha value is 0.00870. The Bertz CT molecular complexity index is 379. The molecule has 0 aliphatic heterocycles. The van der Waals surface area contributed by atoms with Crippen molar-refractivity contribution in [1.29, 1.82) is 0 Å². The molecule has 24 heavy (non-hydrogen) atoms. The Morgan fingerprint density at radius 1 is 0.875 bits per heavy atom. The normalized spacial score (nSPS) is 16.2. The Labute approximate surface area is 154 Å². The van der Waals surface area contributed by atoms with Crippen molar-refractivity contribution in [2.75, 3.05) is 7.11 Å². The van der Waals surface area contributed by atoms with Crippen molar-refractivity contribution in [3.63, 3.8) is 0 Å². The molecule has 0 unspecified atom stereocenters. The number of carbonyl (C=O) groups excluding carboxylic acids is 1. The third-order valence-corrected chi connectivity index (χ3v) is 22.3. The summed E-state index contributed by atoms with van der Waals surface area (Å²) in [7, 11) is 1.57. The predicted octanol–water partition coefficient (Wildman–Crippen LogP) is 6.81. The Balaban J connectivity index is 3.30. The van der Waals surface area contributed by atoms with Gasteiger partial charge in [-0.3, -0.25) is 0 Å². The Kier molecular flexibility index (Phi) is 11.4. The van der Waals surface area contributed by atoms with Crippen molar-refractivity contribution in [1.82, 2.24) is 0 Å². The summed E-state index contributed by atoms with van der Waals surface area (Å²) in [5.74, 6) is -0.00234. The molecule has 0 fully saturated rings. The van der Waals surface area contributed by atoms with E-state index in [0.717, 1.165) is 12.0 Å². The first-order valence-corrected chi connectivity index (χ1v) is 17.9. The van der Waals surface area contributed by atoms with Crippen LogP contribution in [0.2, 0.25) is 13.3 Å². The number of unbranched alkanes of at least 4 members (excludes halogenated alkanes) is 3. The van der Waals surface area contributed by atoms with Crippen molar-refractivity contribution < 1.29 is 9.53 Å². The SMILES string of the molecule is CCC[CH2][Sn]([CH2]CCC)([CH2]CCC)[C]1=C(C(=O)OC)CCCCC1. The topological polar surface area (TPSA) is 26.3 Å². The summed E-state index contributed by atoms with van der Waals surface area (Å²) < 4.78 is 11.3. The molecule has 0 heterocycles. The van der Waals surface area contributed by atoms with E-state index in [1.165, 1.54) is 77.5 Å². The summed E-state index contributed by atoms with van der Waals surface area (Å²) in [5.41, 5.74) is 1.13. The molecule has 0 saturated heterocycles. The van der Waals surface area contributed by atoms with Gasteiger partial charge in [0, 0.05) is 0 Å². The van der Waals surface area contributed by atoms with E-state index >= 15 is 0 Å². The number of hydrogen-bond acceptors (Lipinski definition) is 2. The molecule has 0 aromatic carbocycles. The van der Waals surface area contributed by atoms with Gasteiger partial charge in [0.15, 0.2) is 0 Å². The fraction of sp³-hybridized carbons (Fsp3) is 0.857. The van der Waals surface area contributed by atoms with Crippen molar-refractivity contribution in [2.24, 2.45) is 0 Å². The standard InChI is InChI=1S/C9H13O2.3C4H9.Sn/c1-11-9(10)8-6-4-2-3-5-7-8;3*1-3-4-2;/h2-6H2,1H3;3*1,3-4H2,2H3;. The van der Waals surface area contributed by atoms with E-state index in [2.05, 4.69) is 20.8 Å². The van der Waals surface area contributed by atoms with Crippen molar-refractivity contribution in [3.8, 4) is 0 Å². The molecule has 140 valence electrons. The minimum absolute atomic E-state index is 0.00234. The number of hydrogen-bond donors (Lipinski definition) is 0. The molecule has 0 radical (unpaired) electrons. The average Bonchev–Trinajstić information content (AvgIpc) is 2.87. The van der Waals surface area contributed by atoms with Crippen LogP contribution in [0, 0.1) is 0 Å². The van der Waals surface area contributed by atoms with Gasteiger partial charge in [-0.25, -0.2) is 0 Å². The fourth-order valence-electron chi connectivity index (χ4n) is 4.39. The fourth-order valence-corrected chi connectivity index (χ4v) is 22.4. The molecular weight excluding hydrogens is 403 g/mol. The molecule has 0 spiro atoms. The van der Waals surface area contributed by atoms with Gasteiger partial charge in [0.25, 0.3) is 0 Å². The monoisotopic (exact) mass is 444 g/mol. The van der Waals surface area contributed by atoms with E-state index in [4.69, 9.17) is 4.74 Å². The first-order valence-electron chi connectivity index (χ1n) is 10.5. The summed E-state index contributed by atoms with van der Waals surface area (Å²) in [6.45, 7) is 6.96. The molecule has 1 aliphatic carbocycles. The molecule has 0 N–H and O–H groups in total. The van der Waals surface area contributed by atoms with Crippen LogP contribution in [0.1, 0.15) is 91.4 Å². The number of carbonyl (C=O) groups is 1. The second-order valence-electron chi connectivity index (χ2n) is 7.60. The first-order chi connectivity index (χ1) is 11.6. The van der Waals surface area contributed by atoms with Crippen LogP contribution in [0.3, 0.4) is 0 Å². The van der Waals surface area contributed by atoms with Crippen molar-refractivity contribution in [2.45, 2.75) is 105 Å². The van der Waals surface area contributed by atoms with Gasteiger partial charge in [-0.05, 0) is 0 Å². The number of methoxy groups -OCH3 is 1. The summed E-state index contributed by atoms with van der Waals surface area (Å²) in [6.07, 6.45) is 13.9. The number of ether oxygens (including phenoxy) is 1. The maximum atomic E-state index is 12.6. The van der Waals surface area contributed by atoms with Crippen LogP contribution < -0.4 is 0 Å². The van der Waals surface area contributed by atoms with E-state index in [1.807, 2.05) is 0 Å². The van der Waals surface area contributed by atoms with Crippen LogP contribution in [0.4, 0.5) is 0 Å². The van der Waals surface area contributed by atoms with Crippen LogP contribution >= 0.6 is 0 Å². The summed E-state index contributed by atoms with van der Waals surface area (Å²) >= 11 is -2.47. The van der Waals surface area contributed by atoms with E-state index in [-0.39, 0.29) is 5.97 Å². The molecule has 0 saturated carbocycles. The molecule has 1 aliphatic rings. The second kappa shape index (κ2) is 12.4. The number of allylic oxidation sites excluding steroid dienone is 1. The molecule has 1 rings (SSSR count). The maximum absolute atomic E-state index is 12.6. The zero-order valence-electron chi connectivity index (χ0n) is 16.7. The quantitative estimate of drug-likeness (QED) is 0.259. The van der Waals surface area contributed by atoms with Gasteiger partial charge in [0.05, 0.1) is 0 Å². The molecule has 0 aromatic rings. The first kappa shape index (κ1) is 22.1. The van der Waals surface area contributed by atoms with Crippen LogP contribution in [-0.4, -0.2) is 31.5 Å². The van der Waals surface area contributed by atoms with E-state index < -0.39 is 18.4 Å². The molecule has 3 heteroatoms. The van der Waals surface area contributed by atoms with E-state index in [1.54, 1.807) is 10.7 Å². The molecule has 0 atom stereocenters. The van der Waals surface area contributed by atoms with E-state index in [9.17, 15) is 4.79 Å². The van der Waals surface area contributed by atoms with Crippen LogP contribution in [-0.2, 0) is 9.53 Å². The van der Waals surface area contributed by atoms with Gasteiger partial charge in [0.1, 0.15) is 0 Å². The van der Waals surface area contributed by atoms with E-state index in [0.29, 0.717) is 0 Å². The summed E-state index contributed by atoms with van der Waals surface area (Å²) in [5, 5.41) is 0. The average molecular weight is 443 g/mol. The van der Waals surface area contributed by atoms with Crippen LogP contribution in [0.5, 0.6) is 0 Å². The molecule has 0 amide bonds. The summed E-state index contributed by atoms with van der Waals surface area (Å²) in [4.78, 5) is 12.6. The van der Waals surface area contributed by atoms with Crippen LogP contribution in [0.25, 0.3) is 0 Å². The molecule has 0 bridgehead atoms. The van der Waals surface area contributed by atoms with Crippen molar-refractivity contribution >= 4 is 24.3 Å². The Morgan fingerprint density at radius 3 is 1.83 bits per heavy atom. The third kappa shape index (κ3) is 6.38. The molecule has 0 aromatic heterocycles. The van der Waals surface area contributed by atoms with Gasteiger partial charge < -0.3 is 0 Å². The second-order valence-corrected chi connectivity index (χ2v) is 20.9. The minimum atomic E-state index is -2.47. The zero-order chi connectivity index (χ0) is 17.8. The Morgan fingerprint density at radius 2 is 1.38 bits per heavy atom. The molecule has 2 nitrogen and oxygen atoms in total. The number of rotatable bonds is 11. The van der Waals surface area contributed by atoms with Gasteiger partial charge in [-0.1, -0.05) is 0 Å². The van der Waals surface area contributed by atoms with Gasteiger partial charge in [-0.2, -0.15) is 0 Å². The van der Waals surface area contributed by atoms with Crippen LogP contribution in [0.15, 0.2) is 9.16 Å². The molecular formula is C21H40O2Sn. The number of esters is 1. The predicted molar refractivity (Wildman–Crippen MR) is 107 cm³/mol.